The van der Waals surface area contributed by atoms with Gasteiger partial charge in [-0.15, -0.1) is 11.3 Å². The highest BCUT2D eigenvalue weighted by Gasteiger charge is 2.29. The number of sulfonamides is 1. The first-order valence-corrected chi connectivity index (χ1v) is 8.78. The monoisotopic (exact) mass is 361 g/mol. The molecule has 0 aliphatic heterocycles. The number of benzene rings is 1. The Morgan fingerprint density at radius 3 is 2.43 bits per heavy atom. The van der Waals surface area contributed by atoms with E-state index in [4.69, 9.17) is 0 Å². The molecule has 9 heteroatoms. The van der Waals surface area contributed by atoms with Gasteiger partial charge in [0, 0.05) is 4.88 Å². The number of hydrogen-bond acceptors (Lipinski definition) is 5. The van der Waals surface area contributed by atoms with E-state index in [0.717, 1.165) is 18.2 Å². The molecule has 5 nitrogen and oxygen atoms in total. The molecule has 0 aliphatic rings. The number of methoxy groups -OCH3 is 1. The summed E-state index contributed by atoms with van der Waals surface area (Å²) in [6.07, 6.45) is -0.299. The summed E-state index contributed by atoms with van der Waals surface area (Å²) in [4.78, 5) is 10.9. The second kappa shape index (κ2) is 7.16. The van der Waals surface area contributed by atoms with Gasteiger partial charge in [-0.1, -0.05) is 12.1 Å². The van der Waals surface area contributed by atoms with Crippen molar-refractivity contribution in [3.05, 3.63) is 52.2 Å². The molecule has 2 aromatic rings. The van der Waals surface area contributed by atoms with E-state index in [9.17, 15) is 22.0 Å². The van der Waals surface area contributed by atoms with Crippen molar-refractivity contribution >= 4 is 27.3 Å². The fourth-order valence-electron chi connectivity index (χ4n) is 1.93. The van der Waals surface area contributed by atoms with Crippen LogP contribution in [0, 0.1) is 11.6 Å². The van der Waals surface area contributed by atoms with E-state index in [1.807, 2.05) is 0 Å². The average Bonchev–Trinajstić information content (AvgIpc) is 2.99. The van der Waals surface area contributed by atoms with Crippen LogP contribution in [0.15, 0.2) is 40.6 Å². The zero-order valence-electron chi connectivity index (χ0n) is 12.0. The van der Waals surface area contributed by atoms with Crippen LogP contribution in [0.5, 0.6) is 0 Å². The normalized spacial score (nSPS) is 12.8. The molecule has 1 unspecified atom stereocenters. The Kier molecular flexibility index (Phi) is 5.45. The average molecular weight is 361 g/mol. The zero-order valence-corrected chi connectivity index (χ0v) is 13.6. The fraction of sp³-hybridized carbons (Fsp3) is 0.214. The van der Waals surface area contributed by atoms with Crippen molar-refractivity contribution in [2.45, 2.75) is 17.4 Å². The summed E-state index contributed by atoms with van der Waals surface area (Å²) < 4.78 is 58.8. The number of ether oxygens (including phenoxy) is 1. The number of carbonyl (C=O) groups excluding carboxylic acids is 1. The molecule has 0 saturated heterocycles. The lowest BCUT2D eigenvalue weighted by Gasteiger charge is -2.17. The maximum absolute atomic E-state index is 13.7. The molecule has 23 heavy (non-hydrogen) atoms. The Labute approximate surface area is 136 Å². The van der Waals surface area contributed by atoms with Crippen LogP contribution in [0.2, 0.25) is 0 Å². The third-order valence-electron chi connectivity index (χ3n) is 2.97. The first-order valence-electron chi connectivity index (χ1n) is 6.41. The molecule has 0 bridgehead atoms. The van der Waals surface area contributed by atoms with Gasteiger partial charge in [-0.2, -0.15) is 0 Å². The van der Waals surface area contributed by atoms with Crippen molar-refractivity contribution in [1.82, 2.24) is 4.72 Å². The predicted molar refractivity (Wildman–Crippen MR) is 80.4 cm³/mol. The van der Waals surface area contributed by atoms with Crippen molar-refractivity contribution in [3.63, 3.8) is 0 Å². The molecule has 0 radical (unpaired) electrons. The molecule has 1 aromatic carbocycles. The molecule has 2 rings (SSSR count). The Bertz CT molecular complexity index is 771. The molecule has 0 saturated carbocycles. The van der Waals surface area contributed by atoms with Crippen LogP contribution in [0.4, 0.5) is 8.78 Å². The van der Waals surface area contributed by atoms with Gasteiger partial charge in [-0.05, 0) is 23.6 Å². The summed E-state index contributed by atoms with van der Waals surface area (Å²) in [6, 6.07) is 5.05. The maximum Gasteiger partial charge on any atom is 0.307 e. The molecule has 0 aliphatic carbocycles. The van der Waals surface area contributed by atoms with Gasteiger partial charge in [0.2, 0.25) is 10.0 Å². The summed E-state index contributed by atoms with van der Waals surface area (Å²) >= 11 is 1.21. The molecule has 1 N–H and O–H groups in total. The molecule has 1 atom stereocenters. The van der Waals surface area contributed by atoms with Gasteiger partial charge < -0.3 is 4.74 Å². The number of rotatable bonds is 6. The number of nitrogens with one attached hydrogen (secondary N) is 1. The Balaban J connectivity index is 2.37. The van der Waals surface area contributed by atoms with Crippen molar-refractivity contribution in [2.24, 2.45) is 0 Å². The van der Waals surface area contributed by atoms with E-state index in [1.54, 1.807) is 17.5 Å². The van der Waals surface area contributed by atoms with Gasteiger partial charge in [-0.25, -0.2) is 21.9 Å². The second-order valence-electron chi connectivity index (χ2n) is 4.52. The minimum Gasteiger partial charge on any atom is -0.469 e. The number of hydrogen-bond donors (Lipinski definition) is 1. The van der Waals surface area contributed by atoms with Crippen LogP contribution in [-0.2, 0) is 19.6 Å². The lowest BCUT2D eigenvalue weighted by molar-refractivity contribution is -0.141. The van der Waals surface area contributed by atoms with Crippen LogP contribution in [0.1, 0.15) is 17.3 Å². The molecular formula is C14H13F2NO4S2. The summed E-state index contributed by atoms with van der Waals surface area (Å²) in [5, 5.41) is 1.69. The van der Waals surface area contributed by atoms with E-state index in [-0.39, 0.29) is 6.42 Å². The van der Waals surface area contributed by atoms with Crippen molar-refractivity contribution < 1.29 is 26.7 Å². The largest absolute Gasteiger partial charge is 0.469 e. The summed E-state index contributed by atoms with van der Waals surface area (Å²) in [5.41, 5.74) is 0. The maximum atomic E-state index is 13.7. The number of carbonyl (C=O) groups is 1. The van der Waals surface area contributed by atoms with E-state index in [2.05, 4.69) is 9.46 Å². The van der Waals surface area contributed by atoms with Crippen molar-refractivity contribution in [1.29, 1.82) is 0 Å². The van der Waals surface area contributed by atoms with Gasteiger partial charge in [-0.3, -0.25) is 4.79 Å². The van der Waals surface area contributed by atoms with Gasteiger partial charge in [0.25, 0.3) is 0 Å². The fourth-order valence-corrected chi connectivity index (χ4v) is 4.13. The third-order valence-corrected chi connectivity index (χ3v) is 5.48. The van der Waals surface area contributed by atoms with Crippen LogP contribution in [-0.4, -0.2) is 21.5 Å². The lowest BCUT2D eigenvalue weighted by atomic mass is 10.2. The zero-order chi connectivity index (χ0) is 17.0. The smallest absolute Gasteiger partial charge is 0.307 e. The van der Waals surface area contributed by atoms with Crippen molar-refractivity contribution in [2.75, 3.05) is 7.11 Å². The highest BCUT2D eigenvalue weighted by Crippen LogP contribution is 2.26. The highest BCUT2D eigenvalue weighted by molar-refractivity contribution is 7.89. The highest BCUT2D eigenvalue weighted by atomic mass is 32.2. The molecule has 0 amide bonds. The SMILES string of the molecule is COC(=O)CC(NS(=O)(=O)c1c(F)cccc1F)c1cccs1. The second-order valence-corrected chi connectivity index (χ2v) is 7.15. The first-order chi connectivity index (χ1) is 10.8. The summed E-state index contributed by atoms with van der Waals surface area (Å²) in [7, 11) is -3.34. The van der Waals surface area contributed by atoms with E-state index in [1.165, 1.54) is 18.4 Å². The third kappa shape index (κ3) is 4.12. The van der Waals surface area contributed by atoms with E-state index >= 15 is 0 Å². The molecule has 1 aromatic heterocycles. The van der Waals surface area contributed by atoms with Crippen LogP contribution in [0.3, 0.4) is 0 Å². The van der Waals surface area contributed by atoms with Gasteiger partial charge in [0.1, 0.15) is 11.6 Å². The van der Waals surface area contributed by atoms with E-state index in [0.29, 0.717) is 4.88 Å². The van der Waals surface area contributed by atoms with Gasteiger partial charge in [0.15, 0.2) is 4.90 Å². The molecular weight excluding hydrogens is 348 g/mol. The summed E-state index contributed by atoms with van der Waals surface area (Å²) in [5.74, 6) is -3.07. The number of thiophene rings is 1. The Hall–Kier alpha value is -1.84. The number of halogens is 2. The standard InChI is InChI=1S/C14H13F2NO4S2/c1-21-13(18)8-11(12-6-3-7-22-12)17-23(19,20)14-9(15)4-2-5-10(14)16/h2-7,11,17H,8H2,1H3. The minimum absolute atomic E-state index is 0.299. The van der Waals surface area contributed by atoms with E-state index < -0.39 is 38.6 Å². The first kappa shape index (κ1) is 17.5. The molecule has 0 spiro atoms. The van der Waals surface area contributed by atoms with Crippen LogP contribution >= 0.6 is 11.3 Å². The summed E-state index contributed by atoms with van der Waals surface area (Å²) in [6.45, 7) is 0. The predicted octanol–water partition coefficient (Wildman–Crippen LogP) is 2.61. The quantitative estimate of drug-likeness (QED) is 0.803. The minimum atomic E-state index is -4.50. The van der Waals surface area contributed by atoms with Gasteiger partial charge in [0.05, 0.1) is 19.6 Å². The van der Waals surface area contributed by atoms with Gasteiger partial charge >= 0.3 is 5.97 Å². The molecule has 124 valence electrons. The lowest BCUT2D eigenvalue weighted by Crippen LogP contribution is -2.31. The van der Waals surface area contributed by atoms with Crippen LogP contribution < -0.4 is 4.72 Å². The number of esters is 1. The van der Waals surface area contributed by atoms with Crippen LogP contribution in [0.25, 0.3) is 0 Å². The topological polar surface area (TPSA) is 72.5 Å². The Morgan fingerprint density at radius 2 is 1.91 bits per heavy atom. The Morgan fingerprint density at radius 1 is 1.26 bits per heavy atom. The molecule has 1 heterocycles. The molecule has 0 fully saturated rings. The van der Waals surface area contributed by atoms with Crippen molar-refractivity contribution in [3.8, 4) is 0 Å².